The van der Waals surface area contributed by atoms with Gasteiger partial charge >= 0.3 is 0 Å². The zero-order valence-corrected chi connectivity index (χ0v) is 8.92. The van der Waals surface area contributed by atoms with Crippen LogP contribution in [0.4, 0.5) is 5.95 Å². The average Bonchev–Trinajstić information content (AvgIpc) is 2.65. The number of aromatic amines is 1. The first kappa shape index (κ1) is 10.1. The second kappa shape index (κ2) is 4.41. The largest absolute Gasteiger partial charge is 0.348 e. The highest BCUT2D eigenvalue weighted by Gasteiger charge is 2.02. The fourth-order valence-corrected chi connectivity index (χ4v) is 1.33. The summed E-state index contributed by atoms with van der Waals surface area (Å²) in [6, 6.07) is 1.83. The molecule has 2 heterocycles. The molecule has 2 rings (SSSR count). The van der Waals surface area contributed by atoms with Crippen molar-refractivity contribution in [2.45, 2.75) is 6.54 Å². The van der Waals surface area contributed by atoms with Gasteiger partial charge in [-0.1, -0.05) is 0 Å². The minimum Gasteiger partial charge on any atom is -0.348 e. The molecule has 0 spiro atoms. The van der Waals surface area contributed by atoms with Crippen molar-refractivity contribution in [3.05, 3.63) is 28.5 Å². The van der Waals surface area contributed by atoms with Crippen LogP contribution in [0.5, 0.6) is 0 Å². The first-order chi connectivity index (χ1) is 7.24. The van der Waals surface area contributed by atoms with Crippen molar-refractivity contribution in [2.75, 3.05) is 5.32 Å². The minimum atomic E-state index is 0.0575. The molecule has 0 radical (unpaired) electrons. The number of halogens is 2. The molecule has 2 N–H and O–H groups in total. The smallest absolute Gasteiger partial charge is 0.228 e. The molecule has 0 amide bonds. The van der Waals surface area contributed by atoms with E-state index in [9.17, 15) is 0 Å². The number of nitrogens with one attached hydrogen (secondary N) is 2. The van der Waals surface area contributed by atoms with Crippen LogP contribution in [-0.2, 0) is 6.54 Å². The molecule has 0 aliphatic heterocycles. The van der Waals surface area contributed by atoms with Gasteiger partial charge in [-0.25, -0.2) is 0 Å². The third kappa shape index (κ3) is 2.77. The summed E-state index contributed by atoms with van der Waals surface area (Å²) in [6.45, 7) is 0.511. The van der Waals surface area contributed by atoms with Gasteiger partial charge in [-0.2, -0.15) is 20.1 Å². The van der Waals surface area contributed by atoms with Gasteiger partial charge in [0, 0.05) is 6.20 Å². The van der Waals surface area contributed by atoms with Crippen molar-refractivity contribution >= 4 is 29.2 Å². The van der Waals surface area contributed by atoms with Crippen molar-refractivity contribution in [1.82, 2.24) is 25.1 Å². The Morgan fingerprint density at radius 2 is 1.93 bits per heavy atom. The van der Waals surface area contributed by atoms with E-state index in [-0.39, 0.29) is 10.6 Å². The van der Waals surface area contributed by atoms with Gasteiger partial charge in [0.1, 0.15) is 0 Å². The summed E-state index contributed by atoms with van der Waals surface area (Å²) in [5, 5.41) is 9.63. The van der Waals surface area contributed by atoms with Crippen LogP contribution in [0.1, 0.15) is 5.69 Å². The topological polar surface area (TPSA) is 79.4 Å². The maximum absolute atomic E-state index is 5.60. The maximum atomic E-state index is 5.60. The summed E-state index contributed by atoms with van der Waals surface area (Å²) in [5.74, 6) is 0.328. The Hall–Kier alpha value is -1.40. The van der Waals surface area contributed by atoms with Crippen LogP contribution < -0.4 is 5.32 Å². The molecule has 6 nitrogen and oxygen atoms in total. The average molecular weight is 245 g/mol. The molecule has 0 aliphatic carbocycles. The first-order valence-corrected chi connectivity index (χ1v) is 4.79. The summed E-state index contributed by atoms with van der Waals surface area (Å²) >= 11 is 11.2. The van der Waals surface area contributed by atoms with E-state index in [0.29, 0.717) is 12.5 Å². The molecule has 0 atom stereocenters. The third-order valence-electron chi connectivity index (χ3n) is 1.58. The predicted molar refractivity (Wildman–Crippen MR) is 55.8 cm³/mol. The van der Waals surface area contributed by atoms with E-state index in [1.54, 1.807) is 6.20 Å². The SMILES string of the molecule is Clc1nc(Cl)nc(NCc2ccn[nH]2)n1. The van der Waals surface area contributed by atoms with Crippen LogP contribution in [0.3, 0.4) is 0 Å². The molecule has 0 saturated carbocycles. The highest BCUT2D eigenvalue weighted by Crippen LogP contribution is 2.09. The standard InChI is InChI=1S/C7H6Cl2N6/c8-5-12-6(9)14-7(13-5)10-3-4-1-2-11-15-4/h1-2H,3H2,(H,11,15)(H,10,12,13,14). The van der Waals surface area contributed by atoms with Crippen molar-refractivity contribution in [3.63, 3.8) is 0 Å². The van der Waals surface area contributed by atoms with E-state index in [0.717, 1.165) is 5.69 Å². The molecule has 0 saturated heterocycles. The van der Waals surface area contributed by atoms with E-state index in [1.165, 1.54) is 0 Å². The molecule has 0 aliphatic rings. The quantitative estimate of drug-likeness (QED) is 0.856. The van der Waals surface area contributed by atoms with Crippen LogP contribution in [0.25, 0.3) is 0 Å². The van der Waals surface area contributed by atoms with Crippen LogP contribution in [0.15, 0.2) is 12.3 Å². The van der Waals surface area contributed by atoms with Crippen LogP contribution in [0.2, 0.25) is 10.6 Å². The zero-order chi connectivity index (χ0) is 10.7. The van der Waals surface area contributed by atoms with Gasteiger partial charge in [-0.05, 0) is 29.3 Å². The Kier molecular flexibility index (Phi) is 2.98. The number of rotatable bonds is 3. The Morgan fingerprint density at radius 1 is 1.20 bits per heavy atom. The number of aromatic nitrogens is 5. The lowest BCUT2D eigenvalue weighted by Gasteiger charge is -2.02. The second-order valence-electron chi connectivity index (χ2n) is 2.63. The van der Waals surface area contributed by atoms with Crippen molar-refractivity contribution in [2.24, 2.45) is 0 Å². The molecule has 8 heteroatoms. The summed E-state index contributed by atoms with van der Waals surface area (Å²) in [7, 11) is 0. The molecule has 2 aromatic rings. The number of nitrogens with zero attached hydrogens (tertiary/aromatic N) is 4. The van der Waals surface area contributed by atoms with E-state index in [1.807, 2.05) is 6.07 Å². The summed E-state index contributed by atoms with van der Waals surface area (Å²) in [5.41, 5.74) is 0.905. The van der Waals surface area contributed by atoms with E-state index in [4.69, 9.17) is 23.2 Å². The fourth-order valence-electron chi connectivity index (χ4n) is 0.962. The Labute approximate surface area is 95.1 Å². The minimum absolute atomic E-state index is 0.0575. The normalized spacial score (nSPS) is 10.3. The van der Waals surface area contributed by atoms with Crippen LogP contribution >= 0.6 is 23.2 Å². The van der Waals surface area contributed by atoms with Gasteiger partial charge in [0.15, 0.2) is 0 Å². The number of hydrogen-bond donors (Lipinski definition) is 2. The van der Waals surface area contributed by atoms with Gasteiger partial charge in [-0.15, -0.1) is 0 Å². The monoisotopic (exact) mass is 244 g/mol. The van der Waals surface area contributed by atoms with Crippen molar-refractivity contribution in [3.8, 4) is 0 Å². The summed E-state index contributed by atoms with van der Waals surface area (Å²) < 4.78 is 0. The number of anilines is 1. The molecular weight excluding hydrogens is 239 g/mol. The van der Waals surface area contributed by atoms with Gasteiger partial charge in [0.25, 0.3) is 0 Å². The summed E-state index contributed by atoms with van der Waals surface area (Å²) in [4.78, 5) is 11.3. The number of hydrogen-bond acceptors (Lipinski definition) is 5. The van der Waals surface area contributed by atoms with Crippen LogP contribution in [-0.4, -0.2) is 25.1 Å². The van der Waals surface area contributed by atoms with Gasteiger partial charge < -0.3 is 5.32 Å². The van der Waals surface area contributed by atoms with E-state index in [2.05, 4.69) is 30.5 Å². The predicted octanol–water partition coefficient (Wildman–Crippen LogP) is 1.51. The molecule has 0 fully saturated rings. The Bertz CT molecular complexity index is 422. The molecule has 15 heavy (non-hydrogen) atoms. The van der Waals surface area contributed by atoms with Gasteiger partial charge in [0.2, 0.25) is 16.5 Å². The highest BCUT2D eigenvalue weighted by molar-refractivity contribution is 6.31. The number of H-pyrrole nitrogens is 1. The summed E-state index contributed by atoms with van der Waals surface area (Å²) in [6.07, 6.45) is 1.66. The maximum Gasteiger partial charge on any atom is 0.228 e. The van der Waals surface area contributed by atoms with Crippen molar-refractivity contribution < 1.29 is 0 Å². The van der Waals surface area contributed by atoms with Gasteiger partial charge in [0.05, 0.1) is 12.2 Å². The fraction of sp³-hybridized carbons (Fsp3) is 0.143. The van der Waals surface area contributed by atoms with E-state index >= 15 is 0 Å². The molecule has 2 aromatic heterocycles. The lowest BCUT2D eigenvalue weighted by Crippen LogP contribution is -2.05. The molecule has 0 aromatic carbocycles. The highest BCUT2D eigenvalue weighted by atomic mass is 35.5. The lowest BCUT2D eigenvalue weighted by molar-refractivity contribution is 0.948. The third-order valence-corrected chi connectivity index (χ3v) is 1.91. The van der Waals surface area contributed by atoms with Gasteiger partial charge in [-0.3, -0.25) is 5.10 Å². The first-order valence-electron chi connectivity index (χ1n) is 4.03. The zero-order valence-electron chi connectivity index (χ0n) is 7.41. The van der Waals surface area contributed by atoms with Crippen LogP contribution in [0, 0.1) is 0 Å². The molecule has 78 valence electrons. The van der Waals surface area contributed by atoms with E-state index < -0.39 is 0 Å². The Morgan fingerprint density at radius 3 is 2.53 bits per heavy atom. The Balaban J connectivity index is 2.05. The second-order valence-corrected chi connectivity index (χ2v) is 3.31. The molecule has 0 bridgehead atoms. The van der Waals surface area contributed by atoms with Crippen molar-refractivity contribution in [1.29, 1.82) is 0 Å². The molecule has 0 unspecified atom stereocenters. The lowest BCUT2D eigenvalue weighted by atomic mass is 10.4. The molecular formula is C7H6Cl2N6.